The highest BCUT2D eigenvalue weighted by atomic mass is 35.5. The molecule has 1 aromatic carbocycles. The van der Waals surface area contributed by atoms with Crippen LogP contribution in [0.1, 0.15) is 37.4 Å². The molecule has 3 aromatic rings. The van der Waals surface area contributed by atoms with E-state index >= 15 is 0 Å². The number of halogens is 5. The van der Waals surface area contributed by atoms with E-state index in [0.717, 1.165) is 25.5 Å². The summed E-state index contributed by atoms with van der Waals surface area (Å²) in [5.41, 5.74) is -1.45. The van der Waals surface area contributed by atoms with Gasteiger partial charge >= 0.3 is 6.18 Å². The fourth-order valence-electron chi connectivity index (χ4n) is 3.55. The second-order valence-corrected chi connectivity index (χ2v) is 8.14. The summed E-state index contributed by atoms with van der Waals surface area (Å²) in [4.78, 5) is 0. The Morgan fingerprint density at radius 2 is 2.09 bits per heavy atom. The average Bonchev–Trinajstić information content (AvgIpc) is 3.24. The van der Waals surface area contributed by atoms with E-state index in [2.05, 4.69) is 10.3 Å². The van der Waals surface area contributed by atoms with Crippen molar-refractivity contribution in [2.24, 2.45) is 0 Å². The molecule has 4 rings (SSSR count). The zero-order valence-electron chi connectivity index (χ0n) is 17.0. The second kappa shape index (κ2) is 8.84. The molecule has 0 saturated heterocycles. The van der Waals surface area contributed by atoms with E-state index in [4.69, 9.17) is 20.9 Å². The number of aliphatic hydroxyl groups is 1. The number of ether oxygens (including phenoxy) is 1. The van der Waals surface area contributed by atoms with Gasteiger partial charge in [0.25, 0.3) is 0 Å². The zero-order valence-corrected chi connectivity index (χ0v) is 17.8. The van der Waals surface area contributed by atoms with Crippen LogP contribution in [0.4, 0.5) is 17.6 Å². The lowest BCUT2D eigenvalue weighted by Crippen LogP contribution is -2.22. The predicted octanol–water partition coefficient (Wildman–Crippen LogP) is 5.47. The van der Waals surface area contributed by atoms with Crippen LogP contribution in [0.15, 0.2) is 28.9 Å². The molecule has 1 fully saturated rings. The van der Waals surface area contributed by atoms with E-state index in [1.54, 1.807) is 0 Å². The van der Waals surface area contributed by atoms with Gasteiger partial charge in [0.2, 0.25) is 0 Å². The predicted molar refractivity (Wildman–Crippen MR) is 107 cm³/mol. The number of rotatable bonds is 7. The van der Waals surface area contributed by atoms with Crippen LogP contribution in [0, 0.1) is 5.82 Å². The summed E-state index contributed by atoms with van der Waals surface area (Å²) < 4.78 is 68.2. The minimum absolute atomic E-state index is 0.0289. The molecule has 11 heteroatoms. The minimum Gasteiger partial charge on any atom is -0.391 e. The monoisotopic (exact) mass is 473 g/mol. The van der Waals surface area contributed by atoms with E-state index in [1.807, 2.05) is 0 Å². The van der Waals surface area contributed by atoms with Crippen molar-refractivity contribution in [3.05, 3.63) is 46.5 Å². The van der Waals surface area contributed by atoms with Crippen LogP contribution in [0.5, 0.6) is 0 Å². The van der Waals surface area contributed by atoms with Gasteiger partial charge in [0.05, 0.1) is 53.3 Å². The van der Waals surface area contributed by atoms with Gasteiger partial charge in [-0.25, -0.2) is 4.39 Å². The highest BCUT2D eigenvalue weighted by Crippen LogP contribution is 2.42. The molecule has 0 spiro atoms. The van der Waals surface area contributed by atoms with E-state index < -0.39 is 23.8 Å². The number of hydrogen-bond donors (Lipinski definition) is 1. The maximum absolute atomic E-state index is 14.6. The molecule has 1 atom stereocenters. The third kappa shape index (κ3) is 4.39. The smallest absolute Gasteiger partial charge is 0.391 e. The van der Waals surface area contributed by atoms with Crippen LogP contribution in [0.25, 0.3) is 22.6 Å². The molecule has 0 bridgehead atoms. The van der Waals surface area contributed by atoms with Gasteiger partial charge in [-0.05, 0) is 38.3 Å². The molecule has 1 N–H and O–H groups in total. The van der Waals surface area contributed by atoms with Crippen molar-refractivity contribution >= 4 is 11.6 Å². The van der Waals surface area contributed by atoms with Crippen molar-refractivity contribution in [1.82, 2.24) is 14.9 Å². The molecule has 0 amide bonds. The Morgan fingerprint density at radius 1 is 1.34 bits per heavy atom. The Morgan fingerprint density at radius 3 is 2.69 bits per heavy atom. The first kappa shape index (κ1) is 22.8. The second-order valence-electron chi connectivity index (χ2n) is 7.74. The first-order chi connectivity index (χ1) is 15.2. The minimum atomic E-state index is -4.80. The van der Waals surface area contributed by atoms with Crippen molar-refractivity contribution < 1.29 is 31.9 Å². The topological polar surface area (TPSA) is 73.3 Å². The number of aromatic nitrogens is 3. The summed E-state index contributed by atoms with van der Waals surface area (Å²) in [6, 6.07) is 4.04. The van der Waals surface area contributed by atoms with Crippen LogP contribution in [-0.2, 0) is 24.1 Å². The largest absolute Gasteiger partial charge is 0.433 e. The first-order valence-corrected chi connectivity index (χ1v) is 10.4. The molecule has 1 aliphatic rings. The lowest BCUT2D eigenvalue weighted by Gasteiger charge is -2.25. The van der Waals surface area contributed by atoms with Crippen LogP contribution in [0.2, 0.25) is 5.02 Å². The molecular weight excluding hydrogens is 454 g/mol. The zero-order chi connectivity index (χ0) is 23.0. The van der Waals surface area contributed by atoms with Gasteiger partial charge < -0.3 is 14.4 Å². The Hall–Kier alpha value is -2.43. The normalized spacial score (nSPS) is 15.7. The molecule has 1 saturated carbocycles. The molecule has 32 heavy (non-hydrogen) atoms. The van der Waals surface area contributed by atoms with E-state index in [0.29, 0.717) is 4.68 Å². The van der Waals surface area contributed by atoms with Gasteiger partial charge in [0.15, 0.2) is 11.5 Å². The average molecular weight is 474 g/mol. The van der Waals surface area contributed by atoms with Crippen molar-refractivity contribution in [2.75, 3.05) is 0 Å². The number of benzene rings is 1. The Balaban J connectivity index is 1.86. The maximum Gasteiger partial charge on any atom is 0.433 e. The molecule has 0 unspecified atom stereocenters. The molecule has 2 heterocycles. The van der Waals surface area contributed by atoms with Gasteiger partial charge in [-0.3, -0.25) is 4.68 Å². The van der Waals surface area contributed by atoms with Crippen LogP contribution < -0.4 is 0 Å². The van der Waals surface area contributed by atoms with E-state index in [9.17, 15) is 22.7 Å². The van der Waals surface area contributed by atoms with Crippen LogP contribution in [-0.4, -0.2) is 32.3 Å². The fourth-order valence-corrected chi connectivity index (χ4v) is 3.81. The van der Waals surface area contributed by atoms with Crippen molar-refractivity contribution in [3.63, 3.8) is 0 Å². The fraction of sp³-hybridized carbons (Fsp3) is 0.429. The van der Waals surface area contributed by atoms with Crippen LogP contribution >= 0.6 is 11.6 Å². The van der Waals surface area contributed by atoms with Gasteiger partial charge in [-0.15, -0.1) is 0 Å². The molecule has 2 aromatic heterocycles. The van der Waals surface area contributed by atoms with E-state index in [1.165, 1.54) is 25.1 Å². The van der Waals surface area contributed by atoms with Crippen molar-refractivity contribution in [1.29, 1.82) is 0 Å². The number of alkyl halides is 3. The quantitative estimate of drug-likeness (QED) is 0.461. The summed E-state index contributed by atoms with van der Waals surface area (Å²) in [6.45, 7) is 0.845. The number of aliphatic hydroxyl groups excluding tert-OH is 1. The van der Waals surface area contributed by atoms with Gasteiger partial charge in [-0.2, -0.15) is 18.3 Å². The SMILES string of the molecule is C[C@@H](O)Cn1ncc(-c2onc(-c3c(F)cccc3Cl)c2COC2CCC2)c1C(F)(F)F. The van der Waals surface area contributed by atoms with E-state index in [-0.39, 0.29) is 52.4 Å². The Bertz CT molecular complexity index is 1090. The van der Waals surface area contributed by atoms with Crippen molar-refractivity contribution in [2.45, 2.75) is 57.7 Å². The highest BCUT2D eigenvalue weighted by Gasteiger charge is 2.41. The van der Waals surface area contributed by atoms with Crippen LogP contribution in [0.3, 0.4) is 0 Å². The standard InChI is InChI=1S/C21H20ClF4N3O3/c1-11(30)9-29-20(21(24,25)26)13(8-27-29)19-14(10-31-12-4-2-5-12)18(28-32-19)17-15(22)6-3-7-16(17)23/h3,6-8,11-12,30H,2,4-5,9-10H2,1H3/t11-/m1/s1. The molecule has 6 nitrogen and oxygen atoms in total. The third-order valence-electron chi connectivity index (χ3n) is 5.29. The highest BCUT2D eigenvalue weighted by molar-refractivity contribution is 6.33. The molecular formula is C21H20ClF4N3O3. The summed E-state index contributed by atoms with van der Waals surface area (Å²) in [7, 11) is 0. The van der Waals surface area contributed by atoms with Gasteiger partial charge in [-0.1, -0.05) is 22.8 Å². The molecule has 172 valence electrons. The molecule has 0 radical (unpaired) electrons. The Kier molecular flexibility index (Phi) is 6.28. The summed E-state index contributed by atoms with van der Waals surface area (Å²) in [5, 5.41) is 17.3. The maximum atomic E-state index is 14.6. The van der Waals surface area contributed by atoms with Gasteiger partial charge in [0, 0.05) is 0 Å². The Labute approximate surface area is 185 Å². The van der Waals surface area contributed by atoms with Gasteiger partial charge in [0.1, 0.15) is 11.5 Å². The number of hydrogen-bond acceptors (Lipinski definition) is 5. The summed E-state index contributed by atoms with van der Waals surface area (Å²) in [5.74, 6) is -0.925. The lowest BCUT2D eigenvalue weighted by molar-refractivity contribution is -0.144. The molecule has 1 aliphatic carbocycles. The number of nitrogens with zero attached hydrogens (tertiary/aromatic N) is 3. The summed E-state index contributed by atoms with van der Waals surface area (Å²) >= 11 is 6.17. The van der Waals surface area contributed by atoms with Crippen molar-refractivity contribution in [3.8, 4) is 22.6 Å². The lowest BCUT2D eigenvalue weighted by atomic mass is 9.96. The third-order valence-corrected chi connectivity index (χ3v) is 5.61. The molecule has 0 aliphatic heterocycles. The summed E-state index contributed by atoms with van der Waals surface area (Å²) in [6.07, 6.45) is -2.25. The first-order valence-electron chi connectivity index (χ1n) is 10.0.